The van der Waals surface area contributed by atoms with Gasteiger partial charge in [-0.2, -0.15) is 0 Å². The van der Waals surface area contributed by atoms with Gasteiger partial charge in [0.25, 0.3) is 5.91 Å². The van der Waals surface area contributed by atoms with Crippen molar-refractivity contribution in [2.24, 2.45) is 0 Å². The van der Waals surface area contributed by atoms with E-state index in [1.807, 2.05) is 11.0 Å². The Balaban J connectivity index is 1.36. The molecular formula is C19H26N6O2. The van der Waals surface area contributed by atoms with E-state index in [9.17, 15) is 4.79 Å². The first-order valence-electron chi connectivity index (χ1n) is 9.70. The fourth-order valence-corrected chi connectivity index (χ4v) is 3.85. The highest BCUT2D eigenvalue weighted by molar-refractivity contribution is 5.92. The van der Waals surface area contributed by atoms with Crippen molar-refractivity contribution in [3.8, 4) is 0 Å². The van der Waals surface area contributed by atoms with Crippen LogP contribution < -0.4 is 9.80 Å². The first kappa shape index (κ1) is 17.8. The van der Waals surface area contributed by atoms with Crippen LogP contribution in [0.2, 0.25) is 0 Å². The van der Waals surface area contributed by atoms with Gasteiger partial charge in [-0.25, -0.2) is 0 Å². The normalized spacial score (nSPS) is 20.8. The number of carbonyl (C=O) groups excluding carboxylic acids is 1. The Kier molecular flexibility index (Phi) is 4.96. The fraction of sp³-hybridized carbons (Fsp3) is 0.579. The van der Waals surface area contributed by atoms with Gasteiger partial charge in [0.15, 0.2) is 17.3 Å². The lowest BCUT2D eigenvalue weighted by atomic mass is 10.0. The molecule has 0 aromatic carbocycles. The number of rotatable bonds is 3. The smallest absolute Gasteiger partial charge is 0.276 e. The molecule has 2 aliphatic heterocycles. The number of aromatic nitrogens is 3. The molecule has 27 heavy (non-hydrogen) atoms. The second-order valence-corrected chi connectivity index (χ2v) is 7.39. The largest absolute Gasteiger partial charge is 0.361 e. The molecule has 0 aliphatic carbocycles. The van der Waals surface area contributed by atoms with E-state index < -0.39 is 0 Å². The molecule has 4 heterocycles. The van der Waals surface area contributed by atoms with Crippen LogP contribution >= 0.6 is 0 Å². The summed E-state index contributed by atoms with van der Waals surface area (Å²) >= 11 is 0. The van der Waals surface area contributed by atoms with Gasteiger partial charge in [-0.3, -0.25) is 4.79 Å². The van der Waals surface area contributed by atoms with Gasteiger partial charge in [0.1, 0.15) is 5.76 Å². The van der Waals surface area contributed by atoms with E-state index >= 15 is 0 Å². The van der Waals surface area contributed by atoms with E-state index in [1.54, 1.807) is 13.0 Å². The van der Waals surface area contributed by atoms with Crippen LogP contribution in [-0.2, 0) is 0 Å². The molecule has 2 aromatic heterocycles. The number of nitrogens with zero attached hydrogens (tertiary/aromatic N) is 6. The van der Waals surface area contributed by atoms with Crippen molar-refractivity contribution in [1.82, 2.24) is 20.3 Å². The maximum absolute atomic E-state index is 12.5. The Morgan fingerprint density at radius 3 is 2.44 bits per heavy atom. The van der Waals surface area contributed by atoms with Crippen LogP contribution in [0.15, 0.2) is 22.7 Å². The summed E-state index contributed by atoms with van der Waals surface area (Å²) in [6.45, 7) is 7.83. The third-order valence-electron chi connectivity index (χ3n) is 5.47. The summed E-state index contributed by atoms with van der Waals surface area (Å²) in [5, 5.41) is 12.7. The molecule has 0 spiro atoms. The fourth-order valence-electron chi connectivity index (χ4n) is 3.85. The second-order valence-electron chi connectivity index (χ2n) is 7.39. The van der Waals surface area contributed by atoms with Crippen LogP contribution in [0.3, 0.4) is 0 Å². The van der Waals surface area contributed by atoms with Gasteiger partial charge in [0.2, 0.25) is 0 Å². The Morgan fingerprint density at radius 1 is 1.07 bits per heavy atom. The predicted molar refractivity (Wildman–Crippen MR) is 102 cm³/mol. The lowest BCUT2D eigenvalue weighted by Crippen LogP contribution is -2.49. The molecule has 1 unspecified atom stereocenters. The van der Waals surface area contributed by atoms with Crippen LogP contribution in [0.5, 0.6) is 0 Å². The van der Waals surface area contributed by atoms with Crippen molar-refractivity contribution in [3.05, 3.63) is 29.7 Å². The lowest BCUT2D eigenvalue weighted by molar-refractivity contribution is 0.0736. The van der Waals surface area contributed by atoms with Gasteiger partial charge >= 0.3 is 0 Å². The quantitative estimate of drug-likeness (QED) is 0.819. The molecule has 4 rings (SSSR count). The molecule has 2 aliphatic rings. The molecule has 144 valence electrons. The van der Waals surface area contributed by atoms with E-state index in [0.717, 1.165) is 31.3 Å². The van der Waals surface area contributed by atoms with E-state index in [4.69, 9.17) is 4.52 Å². The standard InChI is InChI=1S/C19H26N6O2/c1-14-5-3-4-8-25(14)18-7-6-17(20-21-18)23-9-11-24(12-10-23)19(26)16-13-15(2)27-22-16/h6-7,13-14H,3-5,8-12H2,1-2H3. The van der Waals surface area contributed by atoms with Gasteiger partial charge in [0, 0.05) is 44.8 Å². The number of anilines is 2. The summed E-state index contributed by atoms with van der Waals surface area (Å²) in [7, 11) is 0. The summed E-state index contributed by atoms with van der Waals surface area (Å²) in [5.41, 5.74) is 0.376. The molecule has 2 aromatic rings. The Labute approximate surface area is 159 Å². The Bertz CT molecular complexity index is 782. The van der Waals surface area contributed by atoms with Gasteiger partial charge in [-0.15, -0.1) is 10.2 Å². The second kappa shape index (κ2) is 7.54. The molecular weight excluding hydrogens is 344 g/mol. The molecule has 8 heteroatoms. The molecule has 2 saturated heterocycles. The summed E-state index contributed by atoms with van der Waals surface area (Å²) in [6.07, 6.45) is 3.72. The molecule has 0 bridgehead atoms. The number of hydrogen-bond acceptors (Lipinski definition) is 7. The van der Waals surface area contributed by atoms with Crippen molar-refractivity contribution < 1.29 is 9.32 Å². The third-order valence-corrected chi connectivity index (χ3v) is 5.47. The minimum atomic E-state index is -0.0768. The zero-order valence-electron chi connectivity index (χ0n) is 16.0. The van der Waals surface area contributed by atoms with E-state index in [-0.39, 0.29) is 5.91 Å². The van der Waals surface area contributed by atoms with Crippen molar-refractivity contribution in [3.63, 3.8) is 0 Å². The van der Waals surface area contributed by atoms with E-state index in [1.165, 1.54) is 19.3 Å². The summed E-state index contributed by atoms with van der Waals surface area (Å²) in [4.78, 5) is 18.8. The highest BCUT2D eigenvalue weighted by atomic mass is 16.5. The lowest BCUT2D eigenvalue weighted by Gasteiger charge is -2.36. The molecule has 1 amide bonds. The first-order valence-corrected chi connectivity index (χ1v) is 9.70. The van der Waals surface area contributed by atoms with Gasteiger partial charge in [0.05, 0.1) is 0 Å². The van der Waals surface area contributed by atoms with Crippen LogP contribution in [0.4, 0.5) is 11.6 Å². The summed E-state index contributed by atoms with van der Waals surface area (Å²) in [5.74, 6) is 2.40. The van der Waals surface area contributed by atoms with Gasteiger partial charge in [-0.05, 0) is 45.2 Å². The number of carbonyl (C=O) groups is 1. The highest BCUT2D eigenvalue weighted by Crippen LogP contribution is 2.24. The molecule has 0 N–H and O–H groups in total. The topological polar surface area (TPSA) is 78.6 Å². The Morgan fingerprint density at radius 2 is 1.81 bits per heavy atom. The van der Waals surface area contributed by atoms with Gasteiger partial charge in [-0.1, -0.05) is 5.16 Å². The van der Waals surface area contributed by atoms with Crippen molar-refractivity contribution in [1.29, 1.82) is 0 Å². The third kappa shape index (κ3) is 3.74. The molecule has 0 radical (unpaired) electrons. The molecule has 0 saturated carbocycles. The van der Waals surface area contributed by atoms with Crippen LogP contribution in [0.1, 0.15) is 42.4 Å². The minimum absolute atomic E-state index is 0.0768. The number of amides is 1. The first-order chi connectivity index (χ1) is 13.1. The number of hydrogen-bond donors (Lipinski definition) is 0. The van der Waals surface area contributed by atoms with Crippen LogP contribution in [0.25, 0.3) is 0 Å². The average Bonchev–Trinajstić information content (AvgIpc) is 3.14. The van der Waals surface area contributed by atoms with Crippen LogP contribution in [-0.4, -0.2) is 64.9 Å². The zero-order valence-corrected chi connectivity index (χ0v) is 16.0. The van der Waals surface area contributed by atoms with E-state index in [2.05, 4.69) is 38.1 Å². The summed E-state index contributed by atoms with van der Waals surface area (Å²) in [6, 6.07) is 6.32. The Hall–Kier alpha value is -2.64. The average molecular weight is 370 g/mol. The van der Waals surface area contributed by atoms with Crippen molar-refractivity contribution in [2.45, 2.75) is 39.2 Å². The molecule has 1 atom stereocenters. The van der Waals surface area contributed by atoms with Crippen LogP contribution in [0, 0.1) is 6.92 Å². The molecule has 8 nitrogen and oxygen atoms in total. The highest BCUT2D eigenvalue weighted by Gasteiger charge is 2.25. The monoisotopic (exact) mass is 370 g/mol. The summed E-state index contributed by atoms with van der Waals surface area (Å²) < 4.78 is 5.01. The zero-order chi connectivity index (χ0) is 18.8. The van der Waals surface area contributed by atoms with Crippen molar-refractivity contribution >= 4 is 17.5 Å². The van der Waals surface area contributed by atoms with Crippen molar-refractivity contribution in [2.75, 3.05) is 42.5 Å². The maximum atomic E-state index is 12.5. The molecule has 2 fully saturated rings. The van der Waals surface area contributed by atoms with Gasteiger partial charge < -0.3 is 19.2 Å². The number of aryl methyl sites for hydroxylation is 1. The number of piperidine rings is 1. The SMILES string of the molecule is Cc1cc(C(=O)N2CCN(c3ccc(N4CCCCC4C)nn3)CC2)no1. The maximum Gasteiger partial charge on any atom is 0.276 e. The number of piperazine rings is 1. The van der Waals surface area contributed by atoms with E-state index in [0.29, 0.717) is 30.6 Å². The minimum Gasteiger partial charge on any atom is -0.361 e. The predicted octanol–water partition coefficient (Wildman–Crippen LogP) is 2.11.